The Kier molecular flexibility index (Phi) is 11.1. The number of benzene rings is 6. The Morgan fingerprint density at radius 1 is 0.344 bits per heavy atom. The first-order chi connectivity index (χ1) is 28.4. The van der Waals surface area contributed by atoms with Crippen molar-refractivity contribution in [2.45, 2.75) is 124 Å². The average Bonchev–Trinajstić information content (AvgIpc) is 3.17. The molecule has 4 nitrogen and oxygen atoms in total. The third kappa shape index (κ3) is 8.73. The van der Waals surface area contributed by atoms with E-state index in [0.717, 1.165) is 39.0 Å². The molecule has 0 radical (unpaired) electrons. The second-order valence-electron chi connectivity index (χ2n) is 21.4. The molecule has 0 amide bonds. The molecule has 61 heavy (non-hydrogen) atoms. The van der Waals surface area contributed by atoms with E-state index in [1.54, 1.807) is 0 Å². The second kappa shape index (κ2) is 15.6. The Morgan fingerprint density at radius 3 is 0.852 bits per heavy atom. The van der Waals surface area contributed by atoms with E-state index in [-0.39, 0.29) is 57.5 Å². The van der Waals surface area contributed by atoms with Crippen LogP contribution in [-0.4, -0.2) is 20.4 Å². The van der Waals surface area contributed by atoms with Gasteiger partial charge in [0.1, 0.15) is 23.0 Å². The fourth-order valence-electron chi connectivity index (χ4n) is 8.53. The van der Waals surface area contributed by atoms with Gasteiger partial charge in [0, 0.05) is 36.0 Å². The van der Waals surface area contributed by atoms with Gasteiger partial charge in [-0.2, -0.15) is 0 Å². The highest BCUT2D eigenvalue weighted by atomic mass is 16.3. The topological polar surface area (TPSA) is 80.9 Å². The molecule has 0 aliphatic heterocycles. The average molecular weight is 813 g/mol. The maximum absolute atomic E-state index is 13.0. The number of hydrogen-bond acceptors (Lipinski definition) is 4. The molecule has 0 unspecified atom stereocenters. The lowest BCUT2D eigenvalue weighted by Gasteiger charge is -2.28. The van der Waals surface area contributed by atoms with Gasteiger partial charge in [0.25, 0.3) is 0 Å². The summed E-state index contributed by atoms with van der Waals surface area (Å²) in [4.78, 5) is 0. The summed E-state index contributed by atoms with van der Waals surface area (Å²) in [7, 11) is 0. The molecule has 0 saturated carbocycles. The molecule has 316 valence electrons. The van der Waals surface area contributed by atoms with Crippen molar-refractivity contribution in [2.24, 2.45) is 0 Å². The van der Waals surface area contributed by atoms with Gasteiger partial charge in [-0.3, -0.25) is 0 Å². The third-order valence-electron chi connectivity index (χ3n) is 12.4. The summed E-state index contributed by atoms with van der Waals surface area (Å²) in [5.74, 6) is 0.516. The Labute approximate surface area is 364 Å². The molecule has 1 aliphatic rings. The standard InChI is InChI=1S/C57H64O4/c1-54(2,3)42-26-36-23-37-27-43(55(4,5)6)29-39(51(37)59)25-41-31-45(57(10,11)12)33-47(53(41)61)49(48(34-19-15-13-16-20-34)35-21-17-14-18-22-35)46-32-44(56(7,8)9)30-40(52(46)60)24-38(28-42)50(36)58/h13-22,26-33,58-61H,23-25H2,1-12H3. The van der Waals surface area contributed by atoms with Crippen molar-refractivity contribution in [2.75, 3.05) is 0 Å². The van der Waals surface area contributed by atoms with Gasteiger partial charge in [0.2, 0.25) is 0 Å². The predicted octanol–water partition coefficient (Wildman–Crippen LogP) is 13.8. The van der Waals surface area contributed by atoms with Gasteiger partial charge in [-0.05, 0) is 106 Å². The van der Waals surface area contributed by atoms with Crippen LogP contribution in [0, 0.1) is 0 Å². The van der Waals surface area contributed by atoms with Gasteiger partial charge in [0.15, 0.2) is 0 Å². The zero-order chi connectivity index (χ0) is 44.4. The molecule has 0 saturated heterocycles. The van der Waals surface area contributed by atoms with Crippen LogP contribution in [0.1, 0.15) is 161 Å². The van der Waals surface area contributed by atoms with E-state index >= 15 is 0 Å². The van der Waals surface area contributed by atoms with Crippen LogP contribution in [0.5, 0.6) is 23.0 Å². The van der Waals surface area contributed by atoms with Crippen LogP contribution in [0.4, 0.5) is 0 Å². The molecule has 8 bridgehead atoms. The minimum Gasteiger partial charge on any atom is -0.507 e. The zero-order valence-corrected chi connectivity index (χ0v) is 38.3. The molecule has 0 spiro atoms. The summed E-state index contributed by atoms with van der Waals surface area (Å²) in [6.07, 6.45) is 0.807. The first-order valence-electron chi connectivity index (χ1n) is 21.7. The van der Waals surface area contributed by atoms with Gasteiger partial charge in [0.05, 0.1) is 0 Å². The number of aromatic hydroxyl groups is 4. The van der Waals surface area contributed by atoms with Crippen molar-refractivity contribution < 1.29 is 20.4 Å². The molecule has 4 N–H and O–H groups in total. The fourth-order valence-corrected chi connectivity index (χ4v) is 8.53. The summed E-state index contributed by atoms with van der Waals surface area (Å²) >= 11 is 0. The van der Waals surface area contributed by atoms with Crippen LogP contribution in [0.25, 0.3) is 11.1 Å². The fraction of sp³-hybridized carbons (Fsp3) is 0.333. The van der Waals surface area contributed by atoms with E-state index in [4.69, 9.17) is 0 Å². The molecule has 4 heteroatoms. The SMILES string of the molecule is CC(C)(C)c1cc2c(O)c(c1)Cc1cc(C(C)(C)C)cc(c1O)C(=C(c1ccccc1)c1ccccc1)c1cc(C(C)(C)C)cc(c1O)Cc1cc(C(C)(C)C)cc(c1O)C2. The first kappa shape index (κ1) is 43.4. The van der Waals surface area contributed by atoms with Gasteiger partial charge in [-0.15, -0.1) is 0 Å². The van der Waals surface area contributed by atoms with E-state index in [2.05, 4.69) is 156 Å². The predicted molar refractivity (Wildman–Crippen MR) is 254 cm³/mol. The largest absolute Gasteiger partial charge is 0.507 e. The van der Waals surface area contributed by atoms with Crippen LogP contribution in [-0.2, 0) is 40.9 Å². The van der Waals surface area contributed by atoms with Gasteiger partial charge in [-0.1, -0.05) is 180 Å². The van der Waals surface area contributed by atoms with Gasteiger partial charge >= 0.3 is 0 Å². The molecular formula is C57H64O4. The minimum absolute atomic E-state index is 0.0985. The third-order valence-corrected chi connectivity index (χ3v) is 12.4. The van der Waals surface area contributed by atoms with Crippen molar-refractivity contribution in [1.82, 2.24) is 0 Å². The molecule has 1 aliphatic carbocycles. The normalized spacial score (nSPS) is 13.6. The van der Waals surface area contributed by atoms with Crippen molar-refractivity contribution in [3.05, 3.63) is 187 Å². The molecule has 0 heterocycles. The molecule has 0 aromatic heterocycles. The van der Waals surface area contributed by atoms with Crippen LogP contribution < -0.4 is 0 Å². The summed E-state index contributed by atoms with van der Waals surface area (Å²) in [5, 5.41) is 50.6. The van der Waals surface area contributed by atoms with E-state index in [1.807, 2.05) is 36.4 Å². The summed E-state index contributed by atoms with van der Waals surface area (Å²) in [6, 6.07) is 37.0. The Bertz CT molecular complexity index is 2470. The van der Waals surface area contributed by atoms with Crippen LogP contribution in [0.15, 0.2) is 109 Å². The highest BCUT2D eigenvalue weighted by molar-refractivity contribution is 6.07. The number of phenolic OH excluding ortho intramolecular Hbond substituents is 4. The lowest BCUT2D eigenvalue weighted by molar-refractivity contribution is 0.451. The molecule has 0 atom stereocenters. The van der Waals surface area contributed by atoms with Crippen LogP contribution >= 0.6 is 0 Å². The number of phenols is 4. The number of fused-ring (bicyclic) bond motifs is 8. The molecular weight excluding hydrogens is 749 g/mol. The van der Waals surface area contributed by atoms with Crippen molar-refractivity contribution in [1.29, 1.82) is 0 Å². The second-order valence-corrected chi connectivity index (χ2v) is 21.4. The van der Waals surface area contributed by atoms with Gasteiger partial charge in [-0.25, -0.2) is 0 Å². The van der Waals surface area contributed by atoms with Crippen LogP contribution in [0.2, 0.25) is 0 Å². The highest BCUT2D eigenvalue weighted by Gasteiger charge is 2.31. The summed E-state index contributed by atoms with van der Waals surface area (Å²) in [5.41, 5.74) is 11.8. The maximum atomic E-state index is 13.0. The quantitative estimate of drug-likeness (QED) is 0.140. The van der Waals surface area contributed by atoms with E-state index in [0.29, 0.717) is 56.5 Å². The van der Waals surface area contributed by atoms with Crippen molar-refractivity contribution in [3.63, 3.8) is 0 Å². The van der Waals surface area contributed by atoms with Crippen molar-refractivity contribution in [3.8, 4) is 23.0 Å². The van der Waals surface area contributed by atoms with E-state index in [9.17, 15) is 20.4 Å². The molecule has 6 aromatic carbocycles. The first-order valence-corrected chi connectivity index (χ1v) is 21.7. The minimum atomic E-state index is -0.325. The monoisotopic (exact) mass is 812 g/mol. The summed E-state index contributed by atoms with van der Waals surface area (Å²) < 4.78 is 0. The number of hydrogen-bond donors (Lipinski definition) is 4. The highest BCUT2D eigenvalue weighted by Crippen LogP contribution is 2.49. The van der Waals surface area contributed by atoms with Crippen molar-refractivity contribution >= 4 is 11.1 Å². The lowest BCUT2D eigenvalue weighted by atomic mass is 9.76. The summed E-state index contributed by atoms with van der Waals surface area (Å²) in [6.45, 7) is 26.1. The zero-order valence-electron chi connectivity index (χ0n) is 38.3. The van der Waals surface area contributed by atoms with Gasteiger partial charge < -0.3 is 20.4 Å². The Hall–Kier alpha value is -5.74. The molecule has 0 fully saturated rings. The number of rotatable bonds is 2. The van der Waals surface area contributed by atoms with E-state index < -0.39 is 0 Å². The van der Waals surface area contributed by atoms with E-state index in [1.165, 1.54) is 0 Å². The Balaban J connectivity index is 1.74. The Morgan fingerprint density at radius 2 is 0.590 bits per heavy atom. The molecule has 6 aromatic rings. The molecule has 7 rings (SSSR count). The maximum Gasteiger partial charge on any atom is 0.126 e. The lowest BCUT2D eigenvalue weighted by Crippen LogP contribution is -2.15. The smallest absolute Gasteiger partial charge is 0.126 e. The van der Waals surface area contributed by atoms with Crippen LogP contribution in [0.3, 0.4) is 0 Å².